The van der Waals surface area contributed by atoms with E-state index in [0.29, 0.717) is 12.0 Å². The Labute approximate surface area is 156 Å². The smallest absolute Gasteiger partial charge is 0.317 e. The molecule has 0 bridgehead atoms. The highest BCUT2D eigenvalue weighted by Crippen LogP contribution is 2.16. The highest BCUT2D eigenvalue weighted by atomic mass is 16.2. The molecule has 1 fully saturated rings. The molecule has 1 atom stereocenters. The minimum absolute atomic E-state index is 0.108. The maximum absolute atomic E-state index is 12.7. The Balaban J connectivity index is 2.56. The number of likely N-dealkylation sites (N-methyl/N-ethyl adjacent to an activating group) is 1. The molecule has 0 aromatic carbocycles. The topological polar surface area (TPSA) is 38.8 Å². The number of nitrogens with one attached hydrogen (secondary N) is 1. The third-order valence-corrected chi connectivity index (χ3v) is 5.29. The lowest BCUT2D eigenvalue weighted by atomic mass is 10.0. The van der Waals surface area contributed by atoms with Gasteiger partial charge in [0.25, 0.3) is 0 Å². The summed E-state index contributed by atoms with van der Waals surface area (Å²) < 4.78 is 0. The van der Waals surface area contributed by atoms with E-state index in [4.69, 9.17) is 0 Å². The summed E-state index contributed by atoms with van der Waals surface area (Å²) in [7, 11) is 0. The van der Waals surface area contributed by atoms with Crippen LogP contribution in [-0.2, 0) is 0 Å². The number of urea groups is 1. The van der Waals surface area contributed by atoms with E-state index < -0.39 is 0 Å². The van der Waals surface area contributed by atoms with Crippen molar-refractivity contribution in [3.63, 3.8) is 0 Å². The fourth-order valence-electron chi connectivity index (χ4n) is 3.75. The average Bonchev–Trinajstić information content (AvgIpc) is 2.78. The van der Waals surface area contributed by atoms with Crippen LogP contribution in [0.25, 0.3) is 0 Å². The number of nitrogens with zero attached hydrogens (tertiary/aromatic N) is 3. The zero-order valence-corrected chi connectivity index (χ0v) is 17.8. The predicted octanol–water partition coefficient (Wildman–Crippen LogP) is 3.26. The summed E-state index contributed by atoms with van der Waals surface area (Å²) in [5.41, 5.74) is 0.178. The summed E-state index contributed by atoms with van der Waals surface area (Å²) in [4.78, 5) is 19.6. The van der Waals surface area contributed by atoms with E-state index in [1.807, 2.05) is 4.90 Å². The van der Waals surface area contributed by atoms with Gasteiger partial charge in [-0.25, -0.2) is 4.79 Å². The summed E-state index contributed by atoms with van der Waals surface area (Å²) in [6.45, 7) is 22.2. The first-order valence-electron chi connectivity index (χ1n) is 10.2. The monoisotopic (exact) mass is 354 g/mol. The highest BCUT2D eigenvalue weighted by Gasteiger charge is 2.26. The van der Waals surface area contributed by atoms with E-state index in [0.717, 1.165) is 58.7 Å². The number of amides is 2. The maximum Gasteiger partial charge on any atom is 0.317 e. The van der Waals surface area contributed by atoms with Crippen LogP contribution in [0.3, 0.4) is 0 Å². The van der Waals surface area contributed by atoms with Crippen LogP contribution in [0, 0.1) is 5.92 Å². The first kappa shape index (κ1) is 22.2. The third-order valence-electron chi connectivity index (χ3n) is 5.29. The standard InChI is InChI=1S/C20H42N4O/c1-8-22(9-2)18(15-17(3)4)16-21-19(25)23-11-10-12-24(14-13-23)20(5,6)7/h17-18H,8-16H2,1-7H3,(H,21,25). The van der Waals surface area contributed by atoms with Crippen LogP contribution < -0.4 is 5.32 Å². The van der Waals surface area contributed by atoms with Crippen molar-refractivity contribution in [2.45, 2.75) is 72.9 Å². The quantitative estimate of drug-likeness (QED) is 0.763. The Bertz CT molecular complexity index is 388. The van der Waals surface area contributed by atoms with Gasteiger partial charge >= 0.3 is 6.03 Å². The van der Waals surface area contributed by atoms with Gasteiger partial charge in [-0.05, 0) is 52.6 Å². The van der Waals surface area contributed by atoms with Crippen LogP contribution in [-0.4, -0.2) is 78.1 Å². The lowest BCUT2D eigenvalue weighted by molar-refractivity contribution is 0.140. The molecular weight excluding hydrogens is 312 g/mol. The van der Waals surface area contributed by atoms with Gasteiger partial charge in [-0.2, -0.15) is 0 Å². The van der Waals surface area contributed by atoms with Crippen LogP contribution in [0.1, 0.15) is 61.3 Å². The molecule has 1 aliphatic rings. The largest absolute Gasteiger partial charge is 0.336 e. The SMILES string of the molecule is CCN(CC)C(CNC(=O)N1CCCN(C(C)(C)C)CC1)CC(C)C. The normalized spacial score (nSPS) is 18.5. The molecule has 0 aliphatic carbocycles. The molecule has 0 aromatic heterocycles. The van der Waals surface area contributed by atoms with Crippen LogP contribution in [0.15, 0.2) is 0 Å². The molecule has 5 nitrogen and oxygen atoms in total. The minimum atomic E-state index is 0.108. The molecule has 1 heterocycles. The summed E-state index contributed by atoms with van der Waals surface area (Å²) >= 11 is 0. The van der Waals surface area contributed by atoms with Crippen molar-refractivity contribution in [3.05, 3.63) is 0 Å². The van der Waals surface area contributed by atoms with Crippen molar-refractivity contribution >= 4 is 6.03 Å². The molecule has 1 N–H and O–H groups in total. The van der Waals surface area contributed by atoms with Gasteiger partial charge in [-0.1, -0.05) is 27.7 Å². The van der Waals surface area contributed by atoms with Gasteiger partial charge in [0.15, 0.2) is 0 Å². The Morgan fingerprint density at radius 3 is 2.24 bits per heavy atom. The van der Waals surface area contributed by atoms with Gasteiger partial charge in [0.2, 0.25) is 0 Å². The molecule has 0 saturated carbocycles. The van der Waals surface area contributed by atoms with Crippen LogP contribution in [0.5, 0.6) is 0 Å². The van der Waals surface area contributed by atoms with Crippen LogP contribution in [0.2, 0.25) is 0 Å². The Morgan fingerprint density at radius 2 is 1.72 bits per heavy atom. The molecule has 1 rings (SSSR count). The second-order valence-electron chi connectivity index (χ2n) is 8.69. The minimum Gasteiger partial charge on any atom is -0.336 e. The molecule has 1 aliphatic heterocycles. The highest BCUT2D eigenvalue weighted by molar-refractivity contribution is 5.74. The van der Waals surface area contributed by atoms with E-state index in [9.17, 15) is 4.79 Å². The fourth-order valence-corrected chi connectivity index (χ4v) is 3.75. The second kappa shape index (κ2) is 10.4. The Kier molecular flexibility index (Phi) is 9.22. The zero-order chi connectivity index (χ0) is 19.0. The summed E-state index contributed by atoms with van der Waals surface area (Å²) in [6, 6.07) is 0.536. The van der Waals surface area contributed by atoms with E-state index in [1.54, 1.807) is 0 Å². The molecule has 0 spiro atoms. The Hall–Kier alpha value is -0.810. The molecule has 1 saturated heterocycles. The lowest BCUT2D eigenvalue weighted by Crippen LogP contribution is -2.49. The summed E-state index contributed by atoms with van der Waals surface area (Å²) in [6.07, 6.45) is 2.18. The lowest BCUT2D eigenvalue weighted by Gasteiger charge is -2.34. The second-order valence-corrected chi connectivity index (χ2v) is 8.69. The van der Waals surface area contributed by atoms with Crippen LogP contribution >= 0.6 is 0 Å². The third kappa shape index (κ3) is 7.53. The number of hydrogen-bond acceptors (Lipinski definition) is 3. The van der Waals surface area contributed by atoms with Crippen molar-refractivity contribution < 1.29 is 4.79 Å². The molecule has 0 aromatic rings. The Morgan fingerprint density at radius 1 is 1.08 bits per heavy atom. The van der Waals surface area contributed by atoms with Crippen molar-refractivity contribution in [1.82, 2.24) is 20.0 Å². The van der Waals surface area contributed by atoms with Crippen molar-refractivity contribution in [3.8, 4) is 0 Å². The van der Waals surface area contributed by atoms with Crippen molar-refractivity contribution in [1.29, 1.82) is 0 Å². The predicted molar refractivity (Wildman–Crippen MR) is 107 cm³/mol. The first-order valence-corrected chi connectivity index (χ1v) is 10.2. The molecule has 0 radical (unpaired) electrons. The van der Waals surface area contributed by atoms with Crippen LogP contribution in [0.4, 0.5) is 4.79 Å². The molecular formula is C20H42N4O. The average molecular weight is 355 g/mol. The van der Waals surface area contributed by atoms with Gasteiger partial charge in [-0.15, -0.1) is 0 Å². The zero-order valence-electron chi connectivity index (χ0n) is 17.8. The number of rotatable bonds is 7. The molecule has 5 heteroatoms. The van der Waals surface area contributed by atoms with Gasteiger partial charge in [0, 0.05) is 44.3 Å². The molecule has 2 amide bonds. The van der Waals surface area contributed by atoms with E-state index in [2.05, 4.69) is 63.6 Å². The van der Waals surface area contributed by atoms with Gasteiger partial charge < -0.3 is 10.2 Å². The summed E-state index contributed by atoms with van der Waals surface area (Å²) in [5.74, 6) is 0.640. The summed E-state index contributed by atoms with van der Waals surface area (Å²) in [5, 5.41) is 3.22. The fraction of sp³-hybridized carbons (Fsp3) is 0.950. The van der Waals surface area contributed by atoms with Crippen molar-refractivity contribution in [2.24, 2.45) is 5.92 Å². The van der Waals surface area contributed by atoms with Gasteiger partial charge in [0.05, 0.1) is 0 Å². The number of hydrogen-bond donors (Lipinski definition) is 1. The number of carbonyl (C=O) groups excluding carboxylic acids is 1. The molecule has 1 unspecified atom stereocenters. The van der Waals surface area contributed by atoms with E-state index in [-0.39, 0.29) is 11.6 Å². The van der Waals surface area contributed by atoms with E-state index >= 15 is 0 Å². The molecule has 25 heavy (non-hydrogen) atoms. The first-order chi connectivity index (χ1) is 11.7. The van der Waals surface area contributed by atoms with Gasteiger partial charge in [0.1, 0.15) is 0 Å². The molecule has 148 valence electrons. The van der Waals surface area contributed by atoms with Gasteiger partial charge in [-0.3, -0.25) is 9.80 Å². The number of carbonyl (C=O) groups is 1. The maximum atomic E-state index is 12.7. The van der Waals surface area contributed by atoms with E-state index in [1.165, 1.54) is 0 Å². The van der Waals surface area contributed by atoms with Crippen molar-refractivity contribution in [2.75, 3.05) is 45.8 Å².